The molecule has 0 bridgehead atoms. The van der Waals surface area contributed by atoms with Gasteiger partial charge in [-0.05, 0) is 31.5 Å². The number of carbonyl (C=O) groups is 1. The van der Waals surface area contributed by atoms with Gasteiger partial charge in [0.25, 0.3) is 5.69 Å². The van der Waals surface area contributed by atoms with Crippen molar-refractivity contribution in [2.24, 2.45) is 0 Å². The molecule has 0 spiro atoms. The first-order chi connectivity index (χ1) is 13.4. The predicted molar refractivity (Wildman–Crippen MR) is 112 cm³/mol. The van der Waals surface area contributed by atoms with Gasteiger partial charge in [-0.15, -0.1) is 10.2 Å². The number of hydrogen-bond acceptors (Lipinski definition) is 8. The molecule has 3 aromatic rings. The van der Waals surface area contributed by atoms with Crippen molar-refractivity contribution in [1.82, 2.24) is 10.2 Å². The Kier molecular flexibility index (Phi) is 6.22. The number of anilines is 3. The lowest BCUT2D eigenvalue weighted by molar-refractivity contribution is -0.385. The SMILES string of the molecule is Cc1ccccc1Nc1nnc(SCC(=O)Nc2cccc([N+](=O)[O-])c2C)s1. The number of benzene rings is 2. The molecule has 1 heterocycles. The summed E-state index contributed by atoms with van der Waals surface area (Å²) in [6, 6.07) is 12.4. The van der Waals surface area contributed by atoms with E-state index in [9.17, 15) is 14.9 Å². The second-order valence-electron chi connectivity index (χ2n) is 5.86. The molecule has 2 N–H and O–H groups in total. The minimum atomic E-state index is -0.468. The number of nitro groups is 1. The summed E-state index contributed by atoms with van der Waals surface area (Å²) in [5.74, 6) is -0.140. The molecule has 0 aliphatic carbocycles. The fraction of sp³-hybridized carbons (Fsp3) is 0.167. The van der Waals surface area contributed by atoms with E-state index in [4.69, 9.17) is 0 Å². The van der Waals surface area contributed by atoms with Gasteiger partial charge in [0.1, 0.15) is 0 Å². The quantitative estimate of drug-likeness (QED) is 0.331. The Balaban J connectivity index is 1.57. The number of thioether (sulfide) groups is 1. The predicted octanol–water partition coefficient (Wildman–Crippen LogP) is 4.54. The lowest BCUT2D eigenvalue weighted by Gasteiger charge is -2.07. The zero-order valence-corrected chi connectivity index (χ0v) is 16.8. The van der Waals surface area contributed by atoms with Gasteiger partial charge < -0.3 is 10.6 Å². The highest BCUT2D eigenvalue weighted by Gasteiger charge is 2.15. The molecular formula is C18H17N5O3S2. The van der Waals surface area contributed by atoms with Crippen molar-refractivity contribution in [2.75, 3.05) is 16.4 Å². The minimum absolute atomic E-state index is 0.0264. The van der Waals surface area contributed by atoms with Crippen LogP contribution in [0.4, 0.5) is 22.2 Å². The van der Waals surface area contributed by atoms with E-state index < -0.39 is 4.92 Å². The van der Waals surface area contributed by atoms with Gasteiger partial charge in [-0.2, -0.15) is 0 Å². The first-order valence-electron chi connectivity index (χ1n) is 8.27. The van der Waals surface area contributed by atoms with Crippen LogP contribution >= 0.6 is 23.1 Å². The summed E-state index contributed by atoms with van der Waals surface area (Å²) < 4.78 is 0.655. The highest BCUT2D eigenvalue weighted by Crippen LogP contribution is 2.29. The van der Waals surface area contributed by atoms with Crippen molar-refractivity contribution in [3.8, 4) is 0 Å². The molecule has 1 amide bonds. The summed E-state index contributed by atoms with van der Waals surface area (Å²) in [6.45, 7) is 3.61. The molecule has 1 aromatic heterocycles. The number of aryl methyl sites for hydroxylation is 1. The van der Waals surface area contributed by atoms with E-state index in [0.717, 1.165) is 11.3 Å². The number of hydrogen-bond donors (Lipinski definition) is 2. The van der Waals surface area contributed by atoms with Crippen molar-refractivity contribution >= 4 is 51.2 Å². The fourth-order valence-electron chi connectivity index (χ4n) is 2.42. The number of nitro benzene ring substituents is 1. The Bertz CT molecular complexity index is 1020. The molecule has 0 saturated carbocycles. The number of para-hydroxylation sites is 1. The first-order valence-corrected chi connectivity index (χ1v) is 10.1. The molecule has 0 fully saturated rings. The van der Waals surface area contributed by atoms with Gasteiger partial charge in [-0.1, -0.05) is 47.4 Å². The van der Waals surface area contributed by atoms with Crippen LogP contribution in [-0.2, 0) is 4.79 Å². The summed E-state index contributed by atoms with van der Waals surface area (Å²) in [6.07, 6.45) is 0. The molecular weight excluding hydrogens is 398 g/mol. The van der Waals surface area contributed by atoms with E-state index in [0.29, 0.717) is 20.7 Å². The van der Waals surface area contributed by atoms with Crippen LogP contribution in [0.25, 0.3) is 0 Å². The van der Waals surface area contributed by atoms with Gasteiger partial charge in [0.15, 0.2) is 4.34 Å². The van der Waals surface area contributed by atoms with E-state index >= 15 is 0 Å². The molecule has 10 heteroatoms. The van der Waals surface area contributed by atoms with Crippen LogP contribution < -0.4 is 10.6 Å². The summed E-state index contributed by atoms with van der Waals surface area (Å²) in [7, 11) is 0. The topological polar surface area (TPSA) is 110 Å². The molecule has 28 heavy (non-hydrogen) atoms. The largest absolute Gasteiger partial charge is 0.330 e. The van der Waals surface area contributed by atoms with E-state index in [1.165, 1.54) is 29.2 Å². The molecule has 144 valence electrons. The average Bonchev–Trinajstić information content (AvgIpc) is 3.11. The maximum Gasteiger partial charge on any atom is 0.274 e. The van der Waals surface area contributed by atoms with E-state index in [1.54, 1.807) is 19.1 Å². The van der Waals surface area contributed by atoms with Gasteiger partial charge >= 0.3 is 0 Å². The average molecular weight is 416 g/mol. The van der Waals surface area contributed by atoms with Crippen molar-refractivity contribution in [1.29, 1.82) is 0 Å². The van der Waals surface area contributed by atoms with E-state index in [2.05, 4.69) is 20.8 Å². The van der Waals surface area contributed by atoms with Crippen molar-refractivity contribution in [3.63, 3.8) is 0 Å². The second-order valence-corrected chi connectivity index (χ2v) is 8.06. The fourth-order valence-corrected chi connectivity index (χ4v) is 3.98. The van der Waals surface area contributed by atoms with Crippen LogP contribution in [0.2, 0.25) is 0 Å². The highest BCUT2D eigenvalue weighted by atomic mass is 32.2. The van der Waals surface area contributed by atoms with E-state index in [-0.39, 0.29) is 17.3 Å². The van der Waals surface area contributed by atoms with Crippen LogP contribution in [-0.4, -0.2) is 26.8 Å². The van der Waals surface area contributed by atoms with Gasteiger partial charge in [0, 0.05) is 11.8 Å². The maximum atomic E-state index is 12.2. The third-order valence-corrected chi connectivity index (χ3v) is 5.87. The van der Waals surface area contributed by atoms with Gasteiger partial charge in [0.2, 0.25) is 11.0 Å². The smallest absolute Gasteiger partial charge is 0.274 e. The molecule has 0 saturated heterocycles. The third-order valence-electron chi connectivity index (χ3n) is 3.90. The Morgan fingerprint density at radius 2 is 1.89 bits per heavy atom. The molecule has 0 unspecified atom stereocenters. The lowest BCUT2D eigenvalue weighted by Crippen LogP contribution is -2.15. The normalized spacial score (nSPS) is 10.5. The Labute approximate surface area is 169 Å². The molecule has 3 rings (SSSR count). The first kappa shape index (κ1) is 19.8. The van der Waals surface area contributed by atoms with Crippen molar-refractivity contribution in [2.45, 2.75) is 18.2 Å². The summed E-state index contributed by atoms with van der Waals surface area (Å²) >= 11 is 2.61. The zero-order chi connectivity index (χ0) is 20.1. The minimum Gasteiger partial charge on any atom is -0.330 e. The third kappa shape index (κ3) is 4.84. The standard InChI is InChI=1S/C18H17N5O3S2/c1-11-6-3-4-7-13(11)20-17-21-22-18(28-17)27-10-16(24)19-14-8-5-9-15(12(14)2)23(25)26/h3-9H,10H2,1-2H3,(H,19,24)(H,20,21). The number of amides is 1. The second kappa shape index (κ2) is 8.81. The summed E-state index contributed by atoms with van der Waals surface area (Å²) in [4.78, 5) is 22.7. The Hall–Kier alpha value is -2.98. The molecule has 0 aliphatic rings. The number of nitrogens with zero attached hydrogens (tertiary/aromatic N) is 3. The van der Waals surface area contributed by atoms with Crippen LogP contribution in [0.15, 0.2) is 46.8 Å². The number of carbonyl (C=O) groups excluding carboxylic acids is 1. The summed E-state index contributed by atoms with van der Waals surface area (Å²) in [5.41, 5.74) is 2.87. The van der Waals surface area contributed by atoms with Crippen molar-refractivity contribution < 1.29 is 9.72 Å². The van der Waals surface area contributed by atoms with Crippen molar-refractivity contribution in [3.05, 3.63) is 63.7 Å². The molecule has 0 atom stereocenters. The van der Waals surface area contributed by atoms with Crippen LogP contribution in [0.1, 0.15) is 11.1 Å². The highest BCUT2D eigenvalue weighted by molar-refractivity contribution is 8.01. The zero-order valence-electron chi connectivity index (χ0n) is 15.1. The van der Waals surface area contributed by atoms with Gasteiger partial charge in [0.05, 0.1) is 21.9 Å². The van der Waals surface area contributed by atoms with Crippen LogP contribution in [0.5, 0.6) is 0 Å². The maximum absolute atomic E-state index is 12.2. The molecule has 0 radical (unpaired) electrons. The van der Waals surface area contributed by atoms with Gasteiger partial charge in [-0.25, -0.2) is 0 Å². The number of nitrogens with one attached hydrogen (secondary N) is 2. The molecule has 2 aromatic carbocycles. The Morgan fingerprint density at radius 1 is 1.14 bits per heavy atom. The van der Waals surface area contributed by atoms with Crippen LogP contribution in [0, 0.1) is 24.0 Å². The van der Waals surface area contributed by atoms with Crippen LogP contribution in [0.3, 0.4) is 0 Å². The molecule has 0 aliphatic heterocycles. The van der Waals surface area contributed by atoms with Gasteiger partial charge in [-0.3, -0.25) is 14.9 Å². The lowest BCUT2D eigenvalue weighted by atomic mass is 10.1. The summed E-state index contributed by atoms with van der Waals surface area (Å²) in [5, 5.41) is 25.7. The monoisotopic (exact) mass is 415 g/mol. The number of aromatic nitrogens is 2. The Morgan fingerprint density at radius 3 is 2.64 bits per heavy atom. The number of rotatable bonds is 7. The molecule has 8 nitrogen and oxygen atoms in total. The van der Waals surface area contributed by atoms with E-state index in [1.807, 2.05) is 31.2 Å².